The van der Waals surface area contributed by atoms with E-state index in [0.717, 1.165) is 61.0 Å². The van der Waals surface area contributed by atoms with Crippen LogP contribution in [-0.2, 0) is 0 Å². The summed E-state index contributed by atoms with van der Waals surface area (Å²) in [7, 11) is 0. The van der Waals surface area contributed by atoms with E-state index >= 15 is 0 Å². The van der Waals surface area contributed by atoms with Gasteiger partial charge in [0.1, 0.15) is 0 Å². The average Bonchev–Trinajstić information content (AvgIpc) is 2.91. The van der Waals surface area contributed by atoms with Crippen LogP contribution in [0, 0.1) is 0 Å². The van der Waals surface area contributed by atoms with Crippen LogP contribution in [0.3, 0.4) is 0 Å². The molecule has 1 aromatic heterocycles. The molecule has 3 aromatic rings. The fourth-order valence-electron chi connectivity index (χ4n) is 4.06. The third-order valence-corrected chi connectivity index (χ3v) is 6.01. The molecule has 7 heteroatoms. The van der Waals surface area contributed by atoms with Gasteiger partial charge in [-0.05, 0) is 36.1 Å². The molecular formula is C29H39N7. The van der Waals surface area contributed by atoms with Gasteiger partial charge in [-0.3, -0.25) is 4.98 Å². The van der Waals surface area contributed by atoms with Crippen LogP contribution >= 0.6 is 0 Å². The van der Waals surface area contributed by atoms with E-state index in [1.807, 2.05) is 54.7 Å². The summed E-state index contributed by atoms with van der Waals surface area (Å²) in [5, 5.41) is 3.35. The van der Waals surface area contributed by atoms with Crippen molar-refractivity contribution in [2.24, 2.45) is 23.2 Å². The normalized spacial score (nSPS) is 11.9. The van der Waals surface area contributed by atoms with E-state index < -0.39 is 0 Å². The molecule has 36 heavy (non-hydrogen) atoms. The Labute approximate surface area is 215 Å². The van der Waals surface area contributed by atoms with Gasteiger partial charge in [-0.25, -0.2) is 11.7 Å². The first kappa shape index (κ1) is 26.8. The smallest absolute Gasteiger partial charge is 0.0579 e. The number of pyridine rings is 1. The van der Waals surface area contributed by atoms with Crippen molar-refractivity contribution in [2.45, 2.75) is 38.5 Å². The Balaban J connectivity index is 1.32. The number of benzene rings is 2. The molecule has 8 N–H and O–H groups in total. The Morgan fingerprint density at radius 1 is 0.667 bits per heavy atom. The molecule has 0 saturated heterocycles. The highest BCUT2D eigenvalue weighted by Crippen LogP contribution is 2.26. The Morgan fingerprint density at radius 3 is 1.89 bits per heavy atom. The molecule has 0 fully saturated rings. The van der Waals surface area contributed by atoms with Crippen LogP contribution in [0.1, 0.15) is 49.7 Å². The molecule has 0 bridgehead atoms. The van der Waals surface area contributed by atoms with Gasteiger partial charge in [0, 0.05) is 49.0 Å². The SMILES string of the molecule is N/C(=C\N(N)CCCCCCCCN(N)/C=C(\N)c1ccccc1-c1ccccc1)c1cccnc1. The molecule has 3 rings (SSSR count). The number of nitrogens with two attached hydrogens (primary N) is 4. The van der Waals surface area contributed by atoms with Crippen LogP contribution in [0.2, 0.25) is 0 Å². The van der Waals surface area contributed by atoms with Crippen LogP contribution in [0.15, 0.2) is 91.5 Å². The van der Waals surface area contributed by atoms with Crippen molar-refractivity contribution >= 4 is 11.4 Å². The lowest BCUT2D eigenvalue weighted by molar-refractivity contribution is 0.367. The minimum Gasteiger partial charge on any atom is -0.397 e. The van der Waals surface area contributed by atoms with Crippen molar-refractivity contribution in [1.29, 1.82) is 0 Å². The van der Waals surface area contributed by atoms with E-state index in [-0.39, 0.29) is 0 Å². The first-order chi connectivity index (χ1) is 17.5. The summed E-state index contributed by atoms with van der Waals surface area (Å²) in [6.07, 6.45) is 13.7. The largest absolute Gasteiger partial charge is 0.397 e. The molecule has 0 aliphatic carbocycles. The first-order valence-corrected chi connectivity index (χ1v) is 12.6. The standard InChI is InChI=1S/C29H39N7/c30-28(25-15-12-18-34-21-25)22-35(32)19-10-3-1-2-4-11-20-36(33)23-29(31)27-17-9-8-16-26(27)24-13-6-5-7-14-24/h5-9,12-18,21-23H,1-4,10-11,19-20,30-33H2/b28-22-,29-23-. The van der Waals surface area contributed by atoms with Gasteiger partial charge < -0.3 is 21.5 Å². The molecule has 7 nitrogen and oxygen atoms in total. The van der Waals surface area contributed by atoms with Crippen LogP contribution in [-0.4, -0.2) is 28.1 Å². The van der Waals surface area contributed by atoms with Gasteiger partial charge in [0.25, 0.3) is 0 Å². The van der Waals surface area contributed by atoms with Gasteiger partial charge in [0.2, 0.25) is 0 Å². The van der Waals surface area contributed by atoms with E-state index in [1.165, 1.54) is 12.8 Å². The zero-order valence-electron chi connectivity index (χ0n) is 21.0. The molecule has 0 aliphatic rings. The summed E-state index contributed by atoms with van der Waals surface area (Å²) in [4.78, 5) is 4.08. The maximum Gasteiger partial charge on any atom is 0.0579 e. The third kappa shape index (κ3) is 8.76. The molecule has 2 aromatic carbocycles. The number of hydrazine groups is 2. The molecule has 0 atom stereocenters. The number of nitrogens with zero attached hydrogens (tertiary/aromatic N) is 3. The average molecular weight is 486 g/mol. The zero-order chi connectivity index (χ0) is 25.6. The lowest BCUT2D eigenvalue weighted by atomic mass is 9.98. The molecule has 1 heterocycles. The second-order valence-corrected chi connectivity index (χ2v) is 8.92. The van der Waals surface area contributed by atoms with Gasteiger partial charge in [-0.1, -0.05) is 80.3 Å². The van der Waals surface area contributed by atoms with Crippen molar-refractivity contribution in [3.05, 3.63) is 103 Å². The van der Waals surface area contributed by atoms with Gasteiger partial charge >= 0.3 is 0 Å². The molecule has 0 unspecified atom stereocenters. The summed E-state index contributed by atoms with van der Waals surface area (Å²) in [6, 6.07) is 22.2. The molecular weight excluding hydrogens is 446 g/mol. The number of hydrogen-bond donors (Lipinski definition) is 4. The second-order valence-electron chi connectivity index (χ2n) is 8.92. The van der Waals surface area contributed by atoms with Gasteiger partial charge in [-0.15, -0.1) is 0 Å². The van der Waals surface area contributed by atoms with Crippen molar-refractivity contribution in [1.82, 2.24) is 15.0 Å². The summed E-state index contributed by atoms with van der Waals surface area (Å²) in [6.45, 7) is 1.54. The molecule has 0 spiro atoms. The maximum absolute atomic E-state index is 6.42. The Hall–Kier alpha value is -3.81. The van der Waals surface area contributed by atoms with E-state index in [4.69, 9.17) is 23.2 Å². The summed E-state index contributed by atoms with van der Waals surface area (Å²) in [5.74, 6) is 12.3. The summed E-state index contributed by atoms with van der Waals surface area (Å²) in [5.41, 5.74) is 17.9. The predicted octanol–water partition coefficient (Wildman–Crippen LogP) is 4.66. The van der Waals surface area contributed by atoms with Crippen LogP contribution in [0.25, 0.3) is 22.5 Å². The third-order valence-electron chi connectivity index (χ3n) is 6.01. The fourth-order valence-corrected chi connectivity index (χ4v) is 4.06. The van der Waals surface area contributed by atoms with E-state index in [1.54, 1.807) is 28.6 Å². The van der Waals surface area contributed by atoms with E-state index in [9.17, 15) is 0 Å². The zero-order valence-corrected chi connectivity index (χ0v) is 21.0. The van der Waals surface area contributed by atoms with E-state index in [0.29, 0.717) is 11.4 Å². The Bertz CT molecular complexity index is 1100. The quantitative estimate of drug-likeness (QED) is 0.149. The molecule has 0 amide bonds. The highest BCUT2D eigenvalue weighted by molar-refractivity contribution is 5.79. The van der Waals surface area contributed by atoms with Crippen LogP contribution in [0.4, 0.5) is 0 Å². The molecule has 190 valence electrons. The Morgan fingerprint density at radius 2 is 1.25 bits per heavy atom. The number of rotatable bonds is 14. The highest BCUT2D eigenvalue weighted by atomic mass is 15.4. The summed E-state index contributed by atoms with van der Waals surface area (Å²) < 4.78 is 0. The van der Waals surface area contributed by atoms with Gasteiger partial charge in [0.05, 0.1) is 11.4 Å². The van der Waals surface area contributed by atoms with Crippen molar-refractivity contribution in [3.8, 4) is 11.1 Å². The first-order valence-electron chi connectivity index (χ1n) is 12.6. The van der Waals surface area contributed by atoms with Crippen molar-refractivity contribution in [2.75, 3.05) is 13.1 Å². The van der Waals surface area contributed by atoms with Crippen LogP contribution < -0.4 is 23.2 Å². The lowest BCUT2D eigenvalue weighted by Crippen LogP contribution is -2.27. The predicted molar refractivity (Wildman–Crippen MR) is 150 cm³/mol. The molecule has 0 radical (unpaired) electrons. The number of aromatic nitrogens is 1. The van der Waals surface area contributed by atoms with Crippen LogP contribution in [0.5, 0.6) is 0 Å². The van der Waals surface area contributed by atoms with E-state index in [2.05, 4.69) is 23.2 Å². The topological polar surface area (TPSA) is 123 Å². The van der Waals surface area contributed by atoms with Gasteiger partial charge in [0.15, 0.2) is 0 Å². The van der Waals surface area contributed by atoms with Crippen molar-refractivity contribution < 1.29 is 0 Å². The van der Waals surface area contributed by atoms with Crippen molar-refractivity contribution in [3.63, 3.8) is 0 Å². The minimum atomic E-state index is 0.621. The number of hydrogen-bond acceptors (Lipinski definition) is 7. The highest BCUT2D eigenvalue weighted by Gasteiger charge is 2.07. The maximum atomic E-state index is 6.42. The minimum absolute atomic E-state index is 0.621. The Kier molecular flexibility index (Phi) is 10.8. The monoisotopic (exact) mass is 485 g/mol. The lowest BCUT2D eigenvalue weighted by Gasteiger charge is -2.17. The number of unbranched alkanes of at least 4 members (excludes halogenated alkanes) is 5. The molecule has 0 saturated carbocycles. The van der Waals surface area contributed by atoms with Gasteiger partial charge in [-0.2, -0.15) is 0 Å². The second kappa shape index (κ2) is 14.6. The summed E-state index contributed by atoms with van der Waals surface area (Å²) >= 11 is 0. The fraction of sp³-hybridized carbons (Fsp3) is 0.276. The molecule has 0 aliphatic heterocycles.